The first kappa shape index (κ1) is 38.2. The van der Waals surface area contributed by atoms with Crippen molar-refractivity contribution in [3.8, 4) is 0 Å². The minimum Gasteiger partial charge on any atom is -0.481 e. The van der Waals surface area contributed by atoms with Gasteiger partial charge in [0.15, 0.2) is 11.4 Å². The Morgan fingerprint density at radius 1 is 0.767 bits per heavy atom. The molecular weight excluding hydrogens is 604 g/mol. The van der Waals surface area contributed by atoms with E-state index in [-0.39, 0.29) is 24.7 Å². The molecule has 2 heterocycles. The summed E-state index contributed by atoms with van der Waals surface area (Å²) in [6.45, 7) is 18.6. The van der Waals surface area contributed by atoms with Crippen molar-refractivity contribution in [2.45, 2.75) is 119 Å². The van der Waals surface area contributed by atoms with E-state index < -0.39 is 11.9 Å². The molecule has 0 saturated carbocycles. The molecule has 0 fully saturated rings. The molecule has 238 valence electrons. The molecule has 2 aromatic carbocycles. The molecule has 0 aliphatic carbocycles. The summed E-state index contributed by atoms with van der Waals surface area (Å²) in [5.74, 6) is -1.40. The van der Waals surface area contributed by atoms with E-state index >= 15 is 0 Å². The number of fused-ring (bicyclic) bond motifs is 2. The number of unbranched alkanes of at least 4 members (excludes halogenated alkanes) is 3. The van der Waals surface area contributed by atoms with Crippen molar-refractivity contribution in [3.05, 3.63) is 58.7 Å². The number of hydrogen-bond donors (Lipinski definition) is 3. The van der Waals surface area contributed by atoms with Crippen molar-refractivity contribution < 1.29 is 29.4 Å². The molecule has 3 N–H and O–H groups in total. The van der Waals surface area contributed by atoms with Gasteiger partial charge in [-0.1, -0.05) is 53.0 Å². The summed E-state index contributed by atoms with van der Waals surface area (Å²) in [6.07, 6.45) is 5.11. The summed E-state index contributed by atoms with van der Waals surface area (Å²) >= 11 is 3.27. The second-order valence-corrected chi connectivity index (χ2v) is 13.3. The van der Waals surface area contributed by atoms with E-state index in [4.69, 9.17) is 10.2 Å². The number of alkyl halides is 1. The van der Waals surface area contributed by atoms with Crippen LogP contribution in [-0.2, 0) is 20.4 Å². The van der Waals surface area contributed by atoms with Gasteiger partial charge < -0.3 is 10.2 Å². The smallest absolute Gasteiger partial charge is 0.303 e. The Kier molecular flexibility index (Phi) is 15.0. The van der Waals surface area contributed by atoms with Crippen LogP contribution in [0.15, 0.2) is 36.4 Å². The lowest BCUT2D eigenvalue weighted by molar-refractivity contribution is -0.439. The van der Waals surface area contributed by atoms with Crippen molar-refractivity contribution >= 4 is 50.7 Å². The molecule has 2 aliphatic rings. The molecule has 2 aromatic rings. The van der Waals surface area contributed by atoms with Gasteiger partial charge in [-0.2, -0.15) is 4.58 Å². The van der Waals surface area contributed by atoms with Crippen molar-refractivity contribution in [2.75, 3.05) is 11.9 Å². The van der Waals surface area contributed by atoms with Crippen LogP contribution in [0.5, 0.6) is 0 Å². The summed E-state index contributed by atoms with van der Waals surface area (Å²) in [5, 5.41) is 17.9. The van der Waals surface area contributed by atoms with Gasteiger partial charge in [0, 0.05) is 61.7 Å². The zero-order chi connectivity index (χ0) is 31.7. The van der Waals surface area contributed by atoms with E-state index in [9.17, 15) is 9.59 Å². The third-order valence-electron chi connectivity index (χ3n) is 8.58. The average molecular weight is 660 g/mol. The standard InChI is InChI=1S/C17H23NO2.C12H15N.C6H11BrO2.CH4/c1-12-8-9-15-14(11-12)17(3,4)13(2)18(15)10-6-5-7-16(19)20;1-8-5-6-11-10(7-8)12(3,4)9(2)13-11;7-5-3-1-2-4-6(8)9;/h8-9,11H,5-7,10H2,1-4H3;5-7H,1-4H3;1-5H2,(H,8,9);1H4/p+2. The van der Waals surface area contributed by atoms with E-state index in [1.54, 1.807) is 0 Å². The highest BCUT2D eigenvalue weighted by molar-refractivity contribution is 9.09. The summed E-state index contributed by atoms with van der Waals surface area (Å²) in [4.78, 5) is 24.0. The van der Waals surface area contributed by atoms with Crippen LogP contribution in [0.3, 0.4) is 0 Å². The molecule has 7 heteroatoms. The minimum atomic E-state index is -0.705. The zero-order valence-electron chi connectivity index (χ0n) is 26.9. The number of aryl methyl sites for hydroxylation is 2. The number of nitrogens with one attached hydrogen (secondary N) is 1. The van der Waals surface area contributed by atoms with Crippen LogP contribution >= 0.6 is 15.9 Å². The first-order valence-electron chi connectivity index (χ1n) is 15.1. The quantitative estimate of drug-likeness (QED) is 0.138. The summed E-state index contributed by atoms with van der Waals surface area (Å²) in [5.41, 5.74) is 10.9. The molecule has 0 saturated heterocycles. The van der Waals surface area contributed by atoms with Crippen LogP contribution in [0, 0.1) is 13.8 Å². The second-order valence-electron chi connectivity index (χ2n) is 12.6. The molecule has 2 aliphatic heterocycles. The zero-order valence-corrected chi connectivity index (χ0v) is 28.5. The second kappa shape index (κ2) is 16.9. The Labute approximate surface area is 268 Å². The summed E-state index contributed by atoms with van der Waals surface area (Å²) in [7, 11) is 0. The Morgan fingerprint density at radius 2 is 1.30 bits per heavy atom. The van der Waals surface area contributed by atoms with Crippen LogP contribution in [0.2, 0.25) is 0 Å². The highest BCUT2D eigenvalue weighted by Crippen LogP contribution is 2.40. The van der Waals surface area contributed by atoms with Gasteiger partial charge in [-0.3, -0.25) is 9.59 Å². The van der Waals surface area contributed by atoms with Crippen LogP contribution in [0.4, 0.5) is 11.4 Å². The van der Waals surface area contributed by atoms with Gasteiger partial charge in [0.1, 0.15) is 6.54 Å². The fourth-order valence-electron chi connectivity index (χ4n) is 5.33. The van der Waals surface area contributed by atoms with Gasteiger partial charge in [0.05, 0.1) is 10.8 Å². The first-order chi connectivity index (χ1) is 19.6. The monoisotopic (exact) mass is 658 g/mol. The van der Waals surface area contributed by atoms with Gasteiger partial charge in [0.25, 0.3) is 0 Å². The maximum atomic E-state index is 10.6. The van der Waals surface area contributed by atoms with Gasteiger partial charge in [-0.05, 0) is 72.9 Å². The Hall–Kier alpha value is -2.80. The summed E-state index contributed by atoms with van der Waals surface area (Å²) in [6, 6.07) is 13.2. The average Bonchev–Trinajstić information content (AvgIpc) is 3.25. The largest absolute Gasteiger partial charge is 0.481 e. The Bertz CT molecular complexity index is 1320. The van der Waals surface area contributed by atoms with E-state index in [2.05, 4.69) is 117 Å². The number of halogens is 1. The van der Waals surface area contributed by atoms with Crippen molar-refractivity contribution in [2.24, 2.45) is 0 Å². The maximum Gasteiger partial charge on any atom is 0.303 e. The molecule has 0 spiro atoms. The number of nitrogens with zero attached hydrogens (tertiary/aromatic N) is 1. The Balaban J connectivity index is 0.000000347. The topological polar surface area (TPSA) is 91.6 Å². The third-order valence-corrected chi connectivity index (χ3v) is 9.14. The highest BCUT2D eigenvalue weighted by atomic mass is 79.9. The van der Waals surface area contributed by atoms with E-state index in [0.717, 1.165) is 44.0 Å². The minimum absolute atomic E-state index is 0. The van der Waals surface area contributed by atoms with Crippen molar-refractivity contribution in [1.29, 1.82) is 0 Å². The molecule has 0 bridgehead atoms. The molecule has 43 heavy (non-hydrogen) atoms. The highest BCUT2D eigenvalue weighted by Gasteiger charge is 2.42. The van der Waals surface area contributed by atoms with Gasteiger partial charge in [0.2, 0.25) is 11.4 Å². The molecule has 0 atom stereocenters. The maximum absolute atomic E-state index is 10.6. The van der Waals surface area contributed by atoms with Crippen LogP contribution < -0.4 is 4.99 Å². The lowest BCUT2D eigenvalue weighted by Crippen LogP contribution is -2.64. The lowest BCUT2D eigenvalue weighted by atomic mass is 9.82. The molecule has 4 rings (SSSR count). The first-order valence-corrected chi connectivity index (χ1v) is 16.2. The van der Waals surface area contributed by atoms with E-state index in [0.29, 0.717) is 6.42 Å². The van der Waals surface area contributed by atoms with Crippen LogP contribution in [0.1, 0.15) is 116 Å². The molecule has 0 unspecified atom stereocenters. The fraction of sp³-hybridized carbons (Fsp3) is 0.556. The third kappa shape index (κ3) is 10.4. The van der Waals surface area contributed by atoms with Crippen LogP contribution in [-0.4, -0.2) is 50.0 Å². The van der Waals surface area contributed by atoms with Gasteiger partial charge in [-0.25, -0.2) is 4.99 Å². The Morgan fingerprint density at radius 3 is 1.86 bits per heavy atom. The van der Waals surface area contributed by atoms with Gasteiger partial charge in [-0.15, -0.1) is 0 Å². The van der Waals surface area contributed by atoms with Crippen LogP contribution in [0.25, 0.3) is 0 Å². The molecule has 0 radical (unpaired) electrons. The van der Waals surface area contributed by atoms with Crippen molar-refractivity contribution in [1.82, 2.24) is 0 Å². The molecule has 0 aromatic heterocycles. The normalized spacial score (nSPS) is 15.1. The number of carbonyl (C=O) groups is 2. The number of hydrogen-bond acceptors (Lipinski definition) is 2. The molecule has 6 nitrogen and oxygen atoms in total. The molecule has 0 amide bonds. The summed E-state index contributed by atoms with van der Waals surface area (Å²) < 4.78 is 2.36. The predicted octanol–water partition coefficient (Wildman–Crippen LogP) is 7.77. The number of carboxylic acid groups (broad SMARTS) is 2. The van der Waals surface area contributed by atoms with E-state index in [1.165, 1.54) is 45.1 Å². The number of carboxylic acids is 2. The molecular formula is C36H55BrN2O4+2. The lowest BCUT2D eigenvalue weighted by Gasteiger charge is -2.15. The van der Waals surface area contributed by atoms with E-state index in [1.807, 2.05) is 0 Å². The SMILES string of the molecule is C.CC1=[N+](CCCCC(=O)O)c2ccc(C)cc2C1(C)C.CC1=[NH+]c2ccc(C)cc2C1(C)C.O=C(O)CCCCCBr. The predicted molar refractivity (Wildman–Crippen MR) is 183 cm³/mol. The number of aliphatic carboxylic acids is 2. The number of benzene rings is 2. The number of rotatable bonds is 10. The fourth-order valence-corrected chi connectivity index (χ4v) is 5.72. The van der Waals surface area contributed by atoms with Crippen molar-refractivity contribution in [3.63, 3.8) is 0 Å². The van der Waals surface area contributed by atoms with Gasteiger partial charge >= 0.3 is 11.9 Å².